The topological polar surface area (TPSA) is 32.6 Å². The van der Waals surface area contributed by atoms with Crippen molar-refractivity contribution >= 4 is 5.71 Å². The number of hydrogen-bond acceptors (Lipinski definition) is 2. The van der Waals surface area contributed by atoms with Gasteiger partial charge in [0.1, 0.15) is 0 Å². The van der Waals surface area contributed by atoms with Crippen molar-refractivity contribution in [1.29, 1.82) is 0 Å². The zero-order valence-electron chi connectivity index (χ0n) is 11.3. The predicted octanol–water partition coefficient (Wildman–Crippen LogP) is 4.47. The van der Waals surface area contributed by atoms with Gasteiger partial charge in [0.05, 0.1) is 5.71 Å². The fourth-order valence-electron chi connectivity index (χ4n) is 2.43. The van der Waals surface area contributed by atoms with Crippen molar-refractivity contribution < 1.29 is 5.21 Å². The van der Waals surface area contributed by atoms with E-state index in [9.17, 15) is 5.21 Å². The zero-order valence-corrected chi connectivity index (χ0v) is 11.3. The van der Waals surface area contributed by atoms with Crippen LogP contribution < -0.4 is 0 Å². The van der Waals surface area contributed by atoms with E-state index in [4.69, 9.17) is 0 Å². The minimum Gasteiger partial charge on any atom is -0.411 e. The fourth-order valence-corrected chi connectivity index (χ4v) is 2.43. The molecule has 94 valence electrons. The molecule has 16 heavy (non-hydrogen) atoms. The van der Waals surface area contributed by atoms with E-state index in [1.807, 2.05) is 0 Å². The van der Waals surface area contributed by atoms with Crippen molar-refractivity contribution in [1.82, 2.24) is 0 Å². The van der Waals surface area contributed by atoms with Crippen molar-refractivity contribution in [3.63, 3.8) is 0 Å². The molecule has 0 aliphatic heterocycles. The van der Waals surface area contributed by atoms with E-state index in [0.717, 1.165) is 18.1 Å². The molecule has 0 unspecified atom stereocenters. The van der Waals surface area contributed by atoms with Crippen LogP contribution in [-0.2, 0) is 0 Å². The van der Waals surface area contributed by atoms with Gasteiger partial charge in [0.2, 0.25) is 0 Å². The molecule has 0 aromatic rings. The van der Waals surface area contributed by atoms with Crippen LogP contribution in [-0.4, -0.2) is 10.9 Å². The van der Waals surface area contributed by atoms with Crippen molar-refractivity contribution in [3.05, 3.63) is 0 Å². The van der Waals surface area contributed by atoms with E-state index in [2.05, 4.69) is 32.9 Å². The highest BCUT2D eigenvalue weighted by Crippen LogP contribution is 2.34. The molecule has 0 aromatic heterocycles. The van der Waals surface area contributed by atoms with Crippen LogP contribution in [0.5, 0.6) is 0 Å². The van der Waals surface area contributed by atoms with Gasteiger partial charge in [0.15, 0.2) is 0 Å². The summed E-state index contributed by atoms with van der Waals surface area (Å²) in [5, 5.41) is 12.8. The average molecular weight is 225 g/mol. The van der Waals surface area contributed by atoms with Gasteiger partial charge in [0, 0.05) is 5.41 Å². The second-order valence-electron chi connectivity index (χ2n) is 6.13. The van der Waals surface area contributed by atoms with Crippen molar-refractivity contribution in [3.8, 4) is 0 Å². The van der Waals surface area contributed by atoms with E-state index < -0.39 is 0 Å². The van der Waals surface area contributed by atoms with Crippen molar-refractivity contribution in [2.75, 3.05) is 0 Å². The first kappa shape index (κ1) is 13.5. The van der Waals surface area contributed by atoms with E-state index in [0.29, 0.717) is 5.92 Å². The lowest BCUT2D eigenvalue weighted by Gasteiger charge is -2.33. The van der Waals surface area contributed by atoms with Gasteiger partial charge in [-0.15, -0.1) is 0 Å². The maximum atomic E-state index is 9.23. The molecule has 0 atom stereocenters. The lowest BCUT2D eigenvalue weighted by atomic mass is 9.72. The van der Waals surface area contributed by atoms with Crippen LogP contribution in [0, 0.1) is 17.3 Å². The SMILES string of the molecule is CC(C)C(C)(C)/C(CC1CCCCC1)=N/O. The first-order chi connectivity index (χ1) is 7.48. The lowest BCUT2D eigenvalue weighted by Crippen LogP contribution is -2.32. The molecule has 1 aliphatic rings. The molecule has 1 N–H and O–H groups in total. The molecular formula is C14H27NO. The smallest absolute Gasteiger partial charge is 0.0632 e. The average Bonchev–Trinajstić information content (AvgIpc) is 2.26. The largest absolute Gasteiger partial charge is 0.411 e. The summed E-state index contributed by atoms with van der Waals surface area (Å²) in [6, 6.07) is 0. The Morgan fingerprint density at radius 3 is 2.25 bits per heavy atom. The second-order valence-corrected chi connectivity index (χ2v) is 6.13. The summed E-state index contributed by atoms with van der Waals surface area (Å²) in [4.78, 5) is 0. The molecule has 0 radical (unpaired) electrons. The lowest BCUT2D eigenvalue weighted by molar-refractivity contribution is 0.277. The Hall–Kier alpha value is -0.530. The van der Waals surface area contributed by atoms with Crippen LogP contribution >= 0.6 is 0 Å². The molecule has 2 nitrogen and oxygen atoms in total. The molecule has 0 heterocycles. The molecule has 0 aromatic carbocycles. The zero-order chi connectivity index (χ0) is 12.2. The molecule has 1 fully saturated rings. The Labute approximate surface area is 100 Å². The monoisotopic (exact) mass is 225 g/mol. The minimum absolute atomic E-state index is 0.0200. The highest BCUT2D eigenvalue weighted by molar-refractivity contribution is 5.89. The molecule has 1 saturated carbocycles. The molecule has 0 saturated heterocycles. The van der Waals surface area contributed by atoms with Crippen LogP contribution in [0.25, 0.3) is 0 Å². The molecular weight excluding hydrogens is 198 g/mol. The number of nitrogens with zero attached hydrogens (tertiary/aromatic N) is 1. The standard InChI is InChI=1S/C14H27NO/c1-11(2)14(3,4)13(15-16)10-12-8-6-5-7-9-12/h11-12,16H,5-10H2,1-4H3/b15-13+. The molecule has 1 aliphatic carbocycles. The summed E-state index contributed by atoms with van der Waals surface area (Å²) >= 11 is 0. The van der Waals surface area contributed by atoms with Crippen molar-refractivity contribution in [2.24, 2.45) is 22.4 Å². The Bertz CT molecular complexity index is 237. The van der Waals surface area contributed by atoms with Gasteiger partial charge in [-0.2, -0.15) is 0 Å². The van der Waals surface area contributed by atoms with E-state index in [-0.39, 0.29) is 5.41 Å². The maximum Gasteiger partial charge on any atom is 0.0632 e. The Kier molecular flexibility index (Phi) is 4.82. The summed E-state index contributed by atoms with van der Waals surface area (Å²) in [5.74, 6) is 1.26. The van der Waals surface area contributed by atoms with Gasteiger partial charge in [0.25, 0.3) is 0 Å². The summed E-state index contributed by atoms with van der Waals surface area (Å²) in [7, 11) is 0. The van der Waals surface area contributed by atoms with Gasteiger partial charge in [-0.3, -0.25) is 0 Å². The third-order valence-electron chi connectivity index (χ3n) is 4.51. The fraction of sp³-hybridized carbons (Fsp3) is 0.929. The summed E-state index contributed by atoms with van der Waals surface area (Å²) in [6.07, 6.45) is 7.70. The molecule has 1 rings (SSSR count). The summed E-state index contributed by atoms with van der Waals surface area (Å²) in [5.41, 5.74) is 1.01. The first-order valence-electron chi connectivity index (χ1n) is 6.70. The van der Waals surface area contributed by atoms with Crippen LogP contribution in [0.1, 0.15) is 66.2 Å². The molecule has 0 spiro atoms. The second kappa shape index (κ2) is 5.70. The third kappa shape index (κ3) is 3.23. The highest BCUT2D eigenvalue weighted by atomic mass is 16.4. The van der Waals surface area contributed by atoms with Crippen molar-refractivity contribution in [2.45, 2.75) is 66.2 Å². The normalized spacial score (nSPS) is 20.4. The number of hydrogen-bond donors (Lipinski definition) is 1. The summed E-state index contributed by atoms with van der Waals surface area (Å²) in [6.45, 7) is 8.78. The Morgan fingerprint density at radius 2 is 1.81 bits per heavy atom. The van der Waals surface area contributed by atoms with Gasteiger partial charge in [-0.1, -0.05) is 65.0 Å². The van der Waals surface area contributed by atoms with Gasteiger partial charge < -0.3 is 5.21 Å². The van der Waals surface area contributed by atoms with E-state index in [1.165, 1.54) is 32.1 Å². The third-order valence-corrected chi connectivity index (χ3v) is 4.51. The molecule has 0 bridgehead atoms. The van der Waals surface area contributed by atoms with E-state index in [1.54, 1.807) is 0 Å². The number of rotatable bonds is 4. The molecule has 0 amide bonds. The van der Waals surface area contributed by atoms with Gasteiger partial charge in [-0.25, -0.2) is 0 Å². The van der Waals surface area contributed by atoms with E-state index >= 15 is 0 Å². The van der Waals surface area contributed by atoms with Crippen LogP contribution in [0.4, 0.5) is 0 Å². The molecule has 2 heteroatoms. The Balaban J connectivity index is 2.61. The summed E-state index contributed by atoms with van der Waals surface area (Å²) < 4.78 is 0. The van der Waals surface area contributed by atoms with Crippen LogP contribution in [0.2, 0.25) is 0 Å². The van der Waals surface area contributed by atoms with Gasteiger partial charge in [-0.05, 0) is 18.3 Å². The van der Waals surface area contributed by atoms with Crippen LogP contribution in [0.3, 0.4) is 0 Å². The Morgan fingerprint density at radius 1 is 1.25 bits per heavy atom. The van der Waals surface area contributed by atoms with Crippen LogP contribution in [0.15, 0.2) is 5.16 Å². The quantitative estimate of drug-likeness (QED) is 0.427. The highest BCUT2D eigenvalue weighted by Gasteiger charge is 2.31. The number of oxime groups is 1. The minimum atomic E-state index is 0.0200. The van der Waals surface area contributed by atoms with Gasteiger partial charge >= 0.3 is 0 Å². The predicted molar refractivity (Wildman–Crippen MR) is 69.0 cm³/mol. The first-order valence-corrected chi connectivity index (χ1v) is 6.70. The maximum absolute atomic E-state index is 9.23.